The van der Waals surface area contributed by atoms with Gasteiger partial charge in [-0.05, 0) is 18.8 Å². The average Bonchev–Trinajstić information content (AvgIpc) is 3.03. The molecule has 5 nitrogen and oxygen atoms in total. The molecule has 1 atom stereocenters. The van der Waals surface area contributed by atoms with Gasteiger partial charge in [0.2, 0.25) is 0 Å². The van der Waals surface area contributed by atoms with Gasteiger partial charge in [-0.1, -0.05) is 37.3 Å². The van der Waals surface area contributed by atoms with Crippen LogP contribution in [0.1, 0.15) is 19.8 Å². The Kier molecular flexibility index (Phi) is 3.25. The second-order valence-corrected chi connectivity index (χ2v) is 6.03. The van der Waals surface area contributed by atoms with Gasteiger partial charge in [0, 0.05) is 24.7 Å². The summed E-state index contributed by atoms with van der Waals surface area (Å²) < 4.78 is 1.85. The van der Waals surface area contributed by atoms with E-state index in [-0.39, 0.29) is 0 Å². The van der Waals surface area contributed by atoms with Gasteiger partial charge in [0.05, 0.1) is 5.69 Å². The molecule has 0 amide bonds. The van der Waals surface area contributed by atoms with Crippen LogP contribution in [0.15, 0.2) is 42.7 Å². The Labute approximate surface area is 129 Å². The van der Waals surface area contributed by atoms with Gasteiger partial charge >= 0.3 is 0 Å². The fourth-order valence-corrected chi connectivity index (χ4v) is 3.18. The van der Waals surface area contributed by atoms with Crippen molar-refractivity contribution >= 4 is 11.6 Å². The van der Waals surface area contributed by atoms with Crippen LogP contribution in [0.3, 0.4) is 0 Å². The van der Waals surface area contributed by atoms with E-state index in [1.165, 1.54) is 12.8 Å². The van der Waals surface area contributed by atoms with Gasteiger partial charge in [-0.3, -0.25) is 0 Å². The Morgan fingerprint density at radius 3 is 2.86 bits per heavy atom. The maximum atomic E-state index is 4.64. The number of fused-ring (bicyclic) bond motifs is 1. The van der Waals surface area contributed by atoms with Gasteiger partial charge in [-0.25, -0.2) is 4.98 Å². The summed E-state index contributed by atoms with van der Waals surface area (Å²) in [5.41, 5.74) is 2.06. The van der Waals surface area contributed by atoms with Gasteiger partial charge in [0.25, 0.3) is 5.78 Å². The van der Waals surface area contributed by atoms with Crippen LogP contribution in [0.2, 0.25) is 0 Å². The van der Waals surface area contributed by atoms with Crippen molar-refractivity contribution in [3.8, 4) is 11.3 Å². The van der Waals surface area contributed by atoms with E-state index in [1.807, 2.05) is 22.7 Å². The van der Waals surface area contributed by atoms with Crippen LogP contribution in [0.5, 0.6) is 0 Å². The first kappa shape index (κ1) is 13.2. The summed E-state index contributed by atoms with van der Waals surface area (Å²) in [7, 11) is 0. The Bertz CT molecular complexity index is 780. The number of rotatable bonds is 2. The van der Waals surface area contributed by atoms with Crippen molar-refractivity contribution in [1.29, 1.82) is 0 Å². The predicted molar refractivity (Wildman–Crippen MR) is 86.8 cm³/mol. The fraction of sp³-hybridized carbons (Fsp3) is 0.353. The monoisotopic (exact) mass is 293 g/mol. The van der Waals surface area contributed by atoms with Crippen LogP contribution < -0.4 is 4.90 Å². The molecule has 112 valence electrons. The van der Waals surface area contributed by atoms with Crippen molar-refractivity contribution in [1.82, 2.24) is 19.6 Å². The fourth-order valence-electron chi connectivity index (χ4n) is 3.18. The molecule has 1 fully saturated rings. The molecule has 0 radical (unpaired) electrons. The molecule has 0 saturated carbocycles. The lowest BCUT2D eigenvalue weighted by atomic mass is 10.0. The van der Waals surface area contributed by atoms with E-state index in [1.54, 1.807) is 6.33 Å². The van der Waals surface area contributed by atoms with Gasteiger partial charge in [-0.15, -0.1) is 0 Å². The first-order valence-corrected chi connectivity index (χ1v) is 7.82. The van der Waals surface area contributed by atoms with Crippen molar-refractivity contribution in [2.24, 2.45) is 5.92 Å². The number of aromatic nitrogens is 4. The smallest absolute Gasteiger partial charge is 0.254 e. The van der Waals surface area contributed by atoms with E-state index in [4.69, 9.17) is 0 Å². The predicted octanol–water partition coefficient (Wildman–Crippen LogP) is 3.03. The highest BCUT2D eigenvalue weighted by Crippen LogP contribution is 2.27. The minimum atomic E-state index is 0.662. The van der Waals surface area contributed by atoms with Crippen molar-refractivity contribution in [3.05, 3.63) is 42.7 Å². The molecule has 22 heavy (non-hydrogen) atoms. The Morgan fingerprint density at radius 2 is 2.05 bits per heavy atom. The minimum absolute atomic E-state index is 0.662. The third kappa shape index (κ3) is 2.32. The Morgan fingerprint density at radius 1 is 1.18 bits per heavy atom. The van der Waals surface area contributed by atoms with E-state index in [2.05, 4.69) is 45.1 Å². The van der Waals surface area contributed by atoms with Crippen LogP contribution >= 0.6 is 0 Å². The highest BCUT2D eigenvalue weighted by atomic mass is 15.4. The molecule has 5 heteroatoms. The molecule has 3 heterocycles. The average molecular weight is 293 g/mol. The van der Waals surface area contributed by atoms with Crippen LogP contribution in [-0.4, -0.2) is 32.7 Å². The summed E-state index contributed by atoms with van der Waals surface area (Å²) in [6, 6.07) is 12.4. The standard InChI is InChI=1S/C17H19N5/c1-13-6-5-9-21(11-13)16-10-15(14-7-3-2-4-8-14)20-17-18-12-19-22(16)17/h2-4,7-8,10,12-13H,5-6,9,11H2,1H3. The zero-order chi connectivity index (χ0) is 14.9. The Hall–Kier alpha value is -2.43. The molecule has 0 aliphatic carbocycles. The summed E-state index contributed by atoms with van der Waals surface area (Å²) in [5, 5.41) is 4.36. The van der Waals surface area contributed by atoms with Crippen LogP contribution in [0, 0.1) is 5.92 Å². The van der Waals surface area contributed by atoms with E-state index >= 15 is 0 Å². The zero-order valence-corrected chi connectivity index (χ0v) is 12.7. The number of anilines is 1. The normalized spacial score (nSPS) is 18.8. The van der Waals surface area contributed by atoms with Crippen molar-refractivity contribution in [3.63, 3.8) is 0 Å². The van der Waals surface area contributed by atoms with Crippen molar-refractivity contribution in [2.75, 3.05) is 18.0 Å². The maximum Gasteiger partial charge on any atom is 0.254 e. The van der Waals surface area contributed by atoms with Gasteiger partial charge in [-0.2, -0.15) is 14.6 Å². The van der Waals surface area contributed by atoms with E-state index in [9.17, 15) is 0 Å². The molecule has 4 rings (SSSR count). The Balaban J connectivity index is 1.84. The lowest BCUT2D eigenvalue weighted by molar-refractivity contribution is 0.442. The minimum Gasteiger partial charge on any atom is -0.356 e. The topological polar surface area (TPSA) is 46.3 Å². The number of hydrogen-bond donors (Lipinski definition) is 0. The van der Waals surface area contributed by atoms with Gasteiger partial charge < -0.3 is 4.90 Å². The molecule has 0 spiro atoms. The van der Waals surface area contributed by atoms with E-state index in [0.29, 0.717) is 11.7 Å². The molecule has 0 N–H and O–H groups in total. The van der Waals surface area contributed by atoms with Crippen molar-refractivity contribution in [2.45, 2.75) is 19.8 Å². The van der Waals surface area contributed by atoms with Gasteiger partial charge in [0.1, 0.15) is 12.1 Å². The van der Waals surface area contributed by atoms with Gasteiger partial charge in [0.15, 0.2) is 0 Å². The summed E-state index contributed by atoms with van der Waals surface area (Å²) in [6.45, 7) is 4.44. The third-order valence-electron chi connectivity index (χ3n) is 4.28. The quantitative estimate of drug-likeness (QED) is 0.728. The summed E-state index contributed by atoms with van der Waals surface area (Å²) >= 11 is 0. The maximum absolute atomic E-state index is 4.64. The number of hydrogen-bond acceptors (Lipinski definition) is 4. The second-order valence-electron chi connectivity index (χ2n) is 6.03. The SMILES string of the molecule is CC1CCCN(c2cc(-c3ccccc3)nc3ncnn23)C1. The van der Waals surface area contributed by atoms with E-state index in [0.717, 1.165) is 30.2 Å². The number of benzene rings is 1. The summed E-state index contributed by atoms with van der Waals surface area (Å²) in [5.74, 6) is 2.46. The summed E-state index contributed by atoms with van der Waals surface area (Å²) in [4.78, 5) is 11.3. The molecule has 2 aromatic heterocycles. The number of piperidine rings is 1. The van der Waals surface area contributed by atoms with Crippen LogP contribution in [0.25, 0.3) is 17.0 Å². The molecular weight excluding hydrogens is 274 g/mol. The zero-order valence-electron chi connectivity index (χ0n) is 12.7. The third-order valence-corrected chi connectivity index (χ3v) is 4.28. The molecule has 1 saturated heterocycles. The summed E-state index contributed by atoms with van der Waals surface area (Å²) in [6.07, 6.45) is 4.10. The molecule has 1 aliphatic heterocycles. The molecular formula is C17H19N5. The molecule has 1 aromatic carbocycles. The van der Waals surface area contributed by atoms with Crippen LogP contribution in [-0.2, 0) is 0 Å². The highest BCUT2D eigenvalue weighted by molar-refractivity contribution is 5.65. The second kappa shape index (κ2) is 5.40. The van der Waals surface area contributed by atoms with Crippen LogP contribution in [0.4, 0.5) is 5.82 Å². The lowest BCUT2D eigenvalue weighted by Crippen LogP contribution is -2.35. The lowest BCUT2D eigenvalue weighted by Gasteiger charge is -2.32. The number of nitrogens with zero attached hydrogens (tertiary/aromatic N) is 5. The van der Waals surface area contributed by atoms with Crippen molar-refractivity contribution < 1.29 is 0 Å². The molecule has 1 unspecified atom stereocenters. The molecule has 1 aliphatic rings. The highest BCUT2D eigenvalue weighted by Gasteiger charge is 2.20. The largest absolute Gasteiger partial charge is 0.356 e. The molecule has 3 aromatic rings. The van der Waals surface area contributed by atoms with E-state index < -0.39 is 0 Å². The first-order chi connectivity index (χ1) is 10.8. The molecule has 0 bridgehead atoms. The first-order valence-electron chi connectivity index (χ1n) is 7.82.